The van der Waals surface area contributed by atoms with E-state index in [0.717, 1.165) is 37.1 Å². The number of sulfonamides is 1. The number of benzene rings is 1. The van der Waals surface area contributed by atoms with Gasteiger partial charge in [0, 0.05) is 58.8 Å². The Morgan fingerprint density at radius 1 is 1.07 bits per heavy atom. The first kappa shape index (κ1) is 20.3. The largest absolute Gasteiger partial charge is 0.388 e. The fourth-order valence-electron chi connectivity index (χ4n) is 5.08. The number of aryl methyl sites for hydroxylation is 2. The molecular formula is C21H32N2O4S. The van der Waals surface area contributed by atoms with Gasteiger partial charge < -0.3 is 9.84 Å². The summed E-state index contributed by atoms with van der Waals surface area (Å²) in [5.74, 6) is 0. The monoisotopic (exact) mass is 408 g/mol. The van der Waals surface area contributed by atoms with Crippen molar-refractivity contribution in [1.29, 1.82) is 0 Å². The summed E-state index contributed by atoms with van der Waals surface area (Å²) in [5, 5.41) is 10.7. The molecule has 0 radical (unpaired) electrons. The van der Waals surface area contributed by atoms with Crippen LogP contribution in [0.5, 0.6) is 0 Å². The second-order valence-electron chi connectivity index (χ2n) is 9.15. The van der Waals surface area contributed by atoms with Crippen LogP contribution in [-0.2, 0) is 14.8 Å². The van der Waals surface area contributed by atoms with E-state index >= 15 is 0 Å². The summed E-state index contributed by atoms with van der Waals surface area (Å²) in [6.07, 6.45) is 3.21. The maximum atomic E-state index is 13.1. The van der Waals surface area contributed by atoms with E-state index in [0.29, 0.717) is 50.6 Å². The molecule has 1 N–H and O–H groups in total. The zero-order valence-corrected chi connectivity index (χ0v) is 17.8. The van der Waals surface area contributed by atoms with Crippen LogP contribution in [0.4, 0.5) is 0 Å². The Bertz CT molecular complexity index is 817. The highest BCUT2D eigenvalue weighted by Crippen LogP contribution is 2.42. The summed E-state index contributed by atoms with van der Waals surface area (Å²) in [6.45, 7) is 8.94. The van der Waals surface area contributed by atoms with E-state index in [1.165, 1.54) is 0 Å². The first-order chi connectivity index (χ1) is 13.2. The highest BCUT2D eigenvalue weighted by atomic mass is 32.2. The van der Waals surface area contributed by atoms with Gasteiger partial charge in [-0.25, -0.2) is 8.42 Å². The van der Waals surface area contributed by atoms with Crippen molar-refractivity contribution in [2.24, 2.45) is 5.41 Å². The number of β-amino-alcohol motifs (C(OH)–C–C–N with tert-alkyl or cyclic N) is 1. The fourth-order valence-corrected chi connectivity index (χ4v) is 6.73. The Labute approximate surface area is 168 Å². The number of hydrogen-bond acceptors (Lipinski definition) is 5. The third-order valence-electron chi connectivity index (χ3n) is 6.79. The van der Waals surface area contributed by atoms with E-state index in [1.54, 1.807) is 10.4 Å². The topological polar surface area (TPSA) is 70.1 Å². The van der Waals surface area contributed by atoms with Gasteiger partial charge in [-0.2, -0.15) is 4.31 Å². The molecule has 4 rings (SSSR count). The van der Waals surface area contributed by atoms with E-state index in [2.05, 4.69) is 4.90 Å². The molecule has 1 spiro atoms. The van der Waals surface area contributed by atoms with Gasteiger partial charge in [0.15, 0.2) is 0 Å². The number of ether oxygens (including phenoxy) is 1. The molecule has 7 heteroatoms. The van der Waals surface area contributed by atoms with Crippen molar-refractivity contribution >= 4 is 10.0 Å². The lowest BCUT2D eigenvalue weighted by Crippen LogP contribution is -2.63. The van der Waals surface area contributed by atoms with Crippen molar-refractivity contribution in [3.63, 3.8) is 0 Å². The Morgan fingerprint density at radius 2 is 1.71 bits per heavy atom. The highest BCUT2D eigenvalue weighted by molar-refractivity contribution is 7.89. The Morgan fingerprint density at radius 3 is 2.32 bits per heavy atom. The smallest absolute Gasteiger partial charge is 0.243 e. The van der Waals surface area contributed by atoms with Gasteiger partial charge in [-0.1, -0.05) is 17.7 Å². The first-order valence-electron chi connectivity index (χ1n) is 10.3. The number of nitrogens with zero attached hydrogens (tertiary/aromatic N) is 2. The molecule has 28 heavy (non-hydrogen) atoms. The standard InChI is InChI=1S/C21H32N2O4S/c1-17-3-4-19(18(2)13-17)28(25,26)23-9-5-20(6-10-23)14-22(15-20)16-21(24)7-11-27-12-8-21/h3-4,13,24H,5-12,14-16H2,1-2H3. The summed E-state index contributed by atoms with van der Waals surface area (Å²) in [6, 6.07) is 5.54. The number of rotatable bonds is 4. The molecule has 3 saturated heterocycles. The van der Waals surface area contributed by atoms with Crippen LogP contribution in [0.15, 0.2) is 23.1 Å². The zero-order chi connectivity index (χ0) is 20.0. The number of likely N-dealkylation sites (tertiary alicyclic amines) is 1. The van der Waals surface area contributed by atoms with E-state index in [1.807, 2.05) is 26.0 Å². The molecule has 1 aromatic carbocycles. The van der Waals surface area contributed by atoms with Crippen LogP contribution >= 0.6 is 0 Å². The minimum Gasteiger partial charge on any atom is -0.388 e. The van der Waals surface area contributed by atoms with Gasteiger partial charge in [0.2, 0.25) is 10.0 Å². The predicted octanol–water partition coefficient (Wildman–Crippen LogP) is 1.93. The van der Waals surface area contributed by atoms with Crippen LogP contribution in [0.3, 0.4) is 0 Å². The molecule has 0 bridgehead atoms. The minimum absolute atomic E-state index is 0.218. The van der Waals surface area contributed by atoms with E-state index in [9.17, 15) is 13.5 Å². The van der Waals surface area contributed by atoms with Crippen LogP contribution in [0, 0.1) is 19.3 Å². The average Bonchev–Trinajstić information content (AvgIpc) is 2.61. The van der Waals surface area contributed by atoms with Gasteiger partial charge in [-0.15, -0.1) is 0 Å². The summed E-state index contributed by atoms with van der Waals surface area (Å²) >= 11 is 0. The number of hydrogen-bond donors (Lipinski definition) is 1. The van der Waals surface area contributed by atoms with Crippen molar-refractivity contribution < 1.29 is 18.3 Å². The lowest BCUT2D eigenvalue weighted by molar-refractivity contribution is -0.118. The van der Waals surface area contributed by atoms with E-state index < -0.39 is 15.6 Å². The van der Waals surface area contributed by atoms with Crippen LogP contribution in [0.1, 0.15) is 36.8 Å². The molecule has 0 aliphatic carbocycles. The fraction of sp³-hybridized carbons (Fsp3) is 0.714. The molecule has 3 heterocycles. The van der Waals surface area contributed by atoms with Crippen molar-refractivity contribution in [2.45, 2.75) is 50.0 Å². The lowest BCUT2D eigenvalue weighted by Gasteiger charge is -2.55. The van der Waals surface area contributed by atoms with Gasteiger partial charge in [0.05, 0.1) is 10.5 Å². The van der Waals surface area contributed by atoms with Gasteiger partial charge in [0.1, 0.15) is 0 Å². The third kappa shape index (κ3) is 3.87. The van der Waals surface area contributed by atoms with E-state index in [4.69, 9.17) is 4.74 Å². The Balaban J connectivity index is 1.34. The van der Waals surface area contributed by atoms with Gasteiger partial charge in [-0.3, -0.25) is 4.90 Å². The maximum Gasteiger partial charge on any atom is 0.243 e. The molecule has 3 aliphatic rings. The molecule has 3 aliphatic heterocycles. The summed E-state index contributed by atoms with van der Waals surface area (Å²) < 4.78 is 33.2. The number of aliphatic hydroxyl groups is 1. The Kier molecular flexibility index (Phi) is 5.33. The Hall–Kier alpha value is -0.990. The van der Waals surface area contributed by atoms with Crippen LogP contribution in [0.2, 0.25) is 0 Å². The molecule has 0 unspecified atom stereocenters. The molecule has 0 amide bonds. The summed E-state index contributed by atoms with van der Waals surface area (Å²) in [7, 11) is -3.42. The molecule has 0 saturated carbocycles. The second kappa shape index (κ2) is 7.36. The quantitative estimate of drug-likeness (QED) is 0.824. The van der Waals surface area contributed by atoms with E-state index in [-0.39, 0.29) is 5.41 Å². The average molecular weight is 409 g/mol. The normalized spacial score (nSPS) is 25.5. The second-order valence-corrected chi connectivity index (χ2v) is 11.1. The van der Waals surface area contributed by atoms with Gasteiger partial charge in [0.25, 0.3) is 0 Å². The van der Waals surface area contributed by atoms with Crippen LogP contribution in [0.25, 0.3) is 0 Å². The van der Waals surface area contributed by atoms with Crippen molar-refractivity contribution in [3.05, 3.63) is 29.3 Å². The molecule has 3 fully saturated rings. The van der Waals surface area contributed by atoms with Gasteiger partial charge >= 0.3 is 0 Å². The first-order valence-corrected chi connectivity index (χ1v) is 11.8. The minimum atomic E-state index is -3.42. The molecule has 1 aromatic rings. The molecular weight excluding hydrogens is 376 g/mol. The van der Waals surface area contributed by atoms with Gasteiger partial charge in [-0.05, 0) is 43.7 Å². The van der Waals surface area contributed by atoms with Crippen LogP contribution < -0.4 is 0 Å². The highest BCUT2D eigenvalue weighted by Gasteiger charge is 2.48. The van der Waals surface area contributed by atoms with Crippen LogP contribution in [-0.4, -0.2) is 74.3 Å². The third-order valence-corrected chi connectivity index (χ3v) is 8.85. The lowest BCUT2D eigenvalue weighted by atomic mass is 9.71. The maximum absolute atomic E-state index is 13.1. The molecule has 6 nitrogen and oxygen atoms in total. The van der Waals surface area contributed by atoms with Crippen molar-refractivity contribution in [3.8, 4) is 0 Å². The number of piperidine rings is 1. The SMILES string of the molecule is Cc1ccc(S(=O)(=O)N2CCC3(CC2)CN(CC2(O)CCOCC2)C3)c(C)c1. The van der Waals surface area contributed by atoms with Crippen molar-refractivity contribution in [1.82, 2.24) is 9.21 Å². The molecule has 0 aromatic heterocycles. The molecule has 0 atom stereocenters. The predicted molar refractivity (Wildman–Crippen MR) is 108 cm³/mol. The molecule has 156 valence electrons. The van der Waals surface area contributed by atoms with Crippen molar-refractivity contribution in [2.75, 3.05) is 45.9 Å². The summed E-state index contributed by atoms with van der Waals surface area (Å²) in [5.41, 5.74) is 1.50. The zero-order valence-electron chi connectivity index (χ0n) is 17.0. The summed E-state index contributed by atoms with van der Waals surface area (Å²) in [4.78, 5) is 2.77.